The fraction of sp³-hybridized carbons (Fsp3) is 0.615. The molecule has 1 aromatic carbocycles. The van der Waals surface area contributed by atoms with Crippen molar-refractivity contribution in [3.8, 4) is 0 Å². The van der Waals surface area contributed by atoms with Gasteiger partial charge in [-0.05, 0) is 46.6 Å². The molecule has 284 valence electrons. The molecule has 4 rings (SSSR count). The van der Waals surface area contributed by atoms with Gasteiger partial charge in [-0.1, -0.05) is 93.4 Å². The van der Waals surface area contributed by atoms with Crippen LogP contribution >= 0.6 is 0 Å². The average Bonchev–Trinajstić information content (AvgIpc) is 3.32. The van der Waals surface area contributed by atoms with Crippen molar-refractivity contribution in [1.29, 1.82) is 0 Å². The first-order valence-corrected chi connectivity index (χ1v) is 18.2. The van der Waals surface area contributed by atoms with E-state index in [-0.39, 0.29) is 36.8 Å². The summed E-state index contributed by atoms with van der Waals surface area (Å²) >= 11 is 0. The van der Waals surface area contributed by atoms with Gasteiger partial charge in [-0.15, -0.1) is 6.58 Å². The predicted octanol–water partition coefficient (Wildman–Crippen LogP) is 3.44. The lowest BCUT2D eigenvalue weighted by Gasteiger charge is -2.39. The van der Waals surface area contributed by atoms with Crippen LogP contribution in [-0.2, 0) is 19.2 Å². The number of hydrogen-bond acceptors (Lipinski definition) is 7. The van der Waals surface area contributed by atoms with Crippen molar-refractivity contribution in [3.63, 3.8) is 0 Å². The summed E-state index contributed by atoms with van der Waals surface area (Å²) in [7, 11) is 0. The number of carbonyl (C=O) groups excluding carboxylic acids is 7. The largest absolute Gasteiger partial charge is 0.346 e. The number of hydrogen-bond donors (Lipinski definition) is 4. The highest BCUT2D eigenvalue weighted by Crippen LogP contribution is 2.65. The molecule has 1 aromatic rings. The Hall–Kier alpha value is -4.55. The maximum atomic E-state index is 14.5. The minimum Gasteiger partial charge on any atom is -0.346 e. The number of nitrogens with zero attached hydrogens (tertiary/aromatic N) is 2. The van der Waals surface area contributed by atoms with Gasteiger partial charge in [0.2, 0.25) is 17.6 Å². The molecule has 1 saturated carbocycles. The molecule has 0 spiro atoms. The SMILES string of the molecule is C=CCNC(=O)C(=O)C(CCCC)NC(=O)[C@@H]1[C@@H]2[C@H](CN1C(=O)[C@@H](NC(=O)NC(CN1C(=O)c3ccccc3C1=O)C(C)(C)C)C(C)(C)C)C2(C)C. The first-order chi connectivity index (χ1) is 24.2. The minimum atomic E-state index is -1.06. The summed E-state index contributed by atoms with van der Waals surface area (Å²) in [4.78, 5) is 96.9. The number of imide groups is 1. The molecule has 2 aliphatic heterocycles. The lowest BCUT2D eigenvalue weighted by Crippen LogP contribution is -2.62. The van der Waals surface area contributed by atoms with Gasteiger partial charge >= 0.3 is 6.03 Å². The number of ketones is 1. The maximum Gasteiger partial charge on any atom is 0.315 e. The second kappa shape index (κ2) is 15.2. The lowest BCUT2D eigenvalue weighted by molar-refractivity contribution is -0.145. The van der Waals surface area contributed by atoms with Crippen LogP contribution in [0.2, 0.25) is 0 Å². The van der Waals surface area contributed by atoms with E-state index in [0.29, 0.717) is 24.1 Å². The van der Waals surface area contributed by atoms with Gasteiger partial charge < -0.3 is 26.2 Å². The van der Waals surface area contributed by atoms with E-state index < -0.39 is 76.3 Å². The Balaban J connectivity index is 1.53. The quantitative estimate of drug-likeness (QED) is 0.129. The van der Waals surface area contributed by atoms with Crippen LogP contribution in [0.15, 0.2) is 36.9 Å². The van der Waals surface area contributed by atoms with E-state index in [9.17, 15) is 33.6 Å². The van der Waals surface area contributed by atoms with E-state index in [1.54, 1.807) is 24.3 Å². The summed E-state index contributed by atoms with van der Waals surface area (Å²) < 4.78 is 0. The number of amides is 7. The van der Waals surface area contributed by atoms with Gasteiger partial charge in [-0.3, -0.25) is 33.7 Å². The summed E-state index contributed by atoms with van der Waals surface area (Å²) in [5, 5.41) is 11.1. The molecule has 0 bridgehead atoms. The Morgan fingerprint density at radius 1 is 0.942 bits per heavy atom. The first kappa shape index (κ1) is 40.2. The molecule has 2 fully saturated rings. The van der Waals surface area contributed by atoms with E-state index in [4.69, 9.17) is 0 Å². The van der Waals surface area contributed by atoms with E-state index in [0.717, 1.165) is 11.3 Å². The van der Waals surface area contributed by atoms with Crippen LogP contribution in [0.3, 0.4) is 0 Å². The average molecular weight is 721 g/mol. The molecule has 0 aromatic heterocycles. The first-order valence-electron chi connectivity index (χ1n) is 18.2. The number of fused-ring (bicyclic) bond motifs is 2. The molecule has 7 amide bonds. The van der Waals surface area contributed by atoms with Gasteiger partial charge in [-0.25, -0.2) is 4.79 Å². The molecule has 13 nitrogen and oxygen atoms in total. The summed E-state index contributed by atoms with van der Waals surface area (Å²) in [5.41, 5.74) is -0.987. The topological polar surface area (TPSA) is 174 Å². The number of carbonyl (C=O) groups is 7. The molecule has 2 heterocycles. The van der Waals surface area contributed by atoms with Crippen molar-refractivity contribution < 1.29 is 33.6 Å². The van der Waals surface area contributed by atoms with Crippen LogP contribution in [0.25, 0.3) is 0 Å². The lowest BCUT2D eigenvalue weighted by atomic mass is 9.85. The monoisotopic (exact) mass is 720 g/mol. The van der Waals surface area contributed by atoms with E-state index in [1.165, 1.54) is 11.0 Å². The van der Waals surface area contributed by atoms with Crippen LogP contribution in [0, 0.1) is 28.1 Å². The predicted molar refractivity (Wildman–Crippen MR) is 196 cm³/mol. The highest BCUT2D eigenvalue weighted by molar-refractivity contribution is 6.38. The van der Waals surface area contributed by atoms with Gasteiger partial charge in [0.05, 0.1) is 29.8 Å². The molecule has 1 saturated heterocycles. The third kappa shape index (κ3) is 8.23. The molecule has 3 aliphatic rings. The molecular weight excluding hydrogens is 664 g/mol. The van der Waals surface area contributed by atoms with Crippen molar-refractivity contribution in [2.24, 2.45) is 28.1 Å². The van der Waals surface area contributed by atoms with Crippen molar-refractivity contribution in [2.75, 3.05) is 19.6 Å². The minimum absolute atomic E-state index is 0.0345. The Labute approximate surface area is 307 Å². The highest BCUT2D eigenvalue weighted by atomic mass is 16.2. The fourth-order valence-corrected chi connectivity index (χ4v) is 7.43. The normalized spacial score (nSPS) is 22.1. The Morgan fingerprint density at radius 2 is 1.54 bits per heavy atom. The number of benzene rings is 1. The molecule has 2 unspecified atom stereocenters. The van der Waals surface area contributed by atoms with Crippen LogP contribution < -0.4 is 21.3 Å². The van der Waals surface area contributed by atoms with E-state index in [1.807, 2.05) is 62.3 Å². The second-order valence-electron chi connectivity index (χ2n) is 17.1. The third-order valence-electron chi connectivity index (χ3n) is 10.9. The van der Waals surface area contributed by atoms with Gasteiger partial charge in [0.25, 0.3) is 17.7 Å². The molecule has 52 heavy (non-hydrogen) atoms. The van der Waals surface area contributed by atoms with Crippen LogP contribution in [0.4, 0.5) is 4.79 Å². The van der Waals surface area contributed by atoms with Crippen LogP contribution in [0.5, 0.6) is 0 Å². The number of unbranched alkanes of at least 4 members (excludes halogenated alkanes) is 1. The molecule has 4 N–H and O–H groups in total. The summed E-state index contributed by atoms with van der Waals surface area (Å²) in [5.74, 6) is -3.54. The van der Waals surface area contributed by atoms with Gasteiger partial charge in [-0.2, -0.15) is 0 Å². The number of nitrogens with one attached hydrogen (secondary N) is 4. The number of urea groups is 1. The summed E-state index contributed by atoms with van der Waals surface area (Å²) in [6, 6.07) is 2.21. The molecular formula is C39H56N6O7. The highest BCUT2D eigenvalue weighted by Gasteiger charge is 2.70. The van der Waals surface area contributed by atoms with Gasteiger partial charge in [0, 0.05) is 13.1 Å². The van der Waals surface area contributed by atoms with Crippen molar-refractivity contribution in [3.05, 3.63) is 48.0 Å². The van der Waals surface area contributed by atoms with Crippen molar-refractivity contribution >= 4 is 41.4 Å². The molecule has 1 aliphatic carbocycles. The molecule has 0 radical (unpaired) electrons. The standard InChI is InChI=1S/C39H56N6O7/c1-11-13-18-25(29(46)32(48)40-19-12-2)41-31(47)28-27-24(39(27,9)10)20-44(28)35(51)30(38(6,7)8)43-36(52)42-26(37(3,4)5)21-45-33(49)22-16-14-15-17-23(22)34(45)50/h12,14-17,24-28,30H,2,11,13,18-21H2,1,3-10H3,(H,40,48)(H,41,47)(H2,42,43,52)/t24-,25?,26?,27-,28-,30+/m0/s1. The zero-order valence-electron chi connectivity index (χ0n) is 32.1. The Kier molecular flexibility index (Phi) is 11.8. The Bertz CT molecular complexity index is 1590. The maximum absolute atomic E-state index is 14.5. The number of piperidine rings is 1. The smallest absolute Gasteiger partial charge is 0.315 e. The molecule has 13 heteroatoms. The van der Waals surface area contributed by atoms with Crippen molar-refractivity contribution in [2.45, 2.75) is 106 Å². The number of likely N-dealkylation sites (tertiary alicyclic amines) is 1. The Morgan fingerprint density at radius 3 is 2.06 bits per heavy atom. The van der Waals surface area contributed by atoms with Crippen molar-refractivity contribution in [1.82, 2.24) is 31.1 Å². The number of rotatable bonds is 14. The van der Waals surface area contributed by atoms with E-state index in [2.05, 4.69) is 27.8 Å². The van der Waals surface area contributed by atoms with Gasteiger partial charge in [0.15, 0.2) is 0 Å². The number of Topliss-reactive ketones (excluding diaryl/α,β-unsaturated/α-hetero) is 1. The van der Waals surface area contributed by atoms with Crippen LogP contribution in [-0.4, -0.2) is 95.0 Å². The van der Waals surface area contributed by atoms with Gasteiger partial charge in [0.1, 0.15) is 12.1 Å². The fourth-order valence-electron chi connectivity index (χ4n) is 7.43. The third-order valence-corrected chi connectivity index (χ3v) is 10.9. The van der Waals surface area contributed by atoms with E-state index >= 15 is 0 Å². The zero-order valence-corrected chi connectivity index (χ0v) is 32.1. The summed E-state index contributed by atoms with van der Waals surface area (Å²) in [6.07, 6.45) is 3.07. The second-order valence-corrected chi connectivity index (χ2v) is 17.1. The van der Waals surface area contributed by atoms with Crippen LogP contribution in [0.1, 0.15) is 102 Å². The summed E-state index contributed by atoms with van der Waals surface area (Å²) in [6.45, 7) is 21.0. The zero-order chi connectivity index (χ0) is 38.9. The molecule has 6 atom stereocenters.